The molecule has 5 aliphatic rings. The zero-order valence-corrected chi connectivity index (χ0v) is 69.2. The van der Waals surface area contributed by atoms with Crippen molar-refractivity contribution in [2.75, 3.05) is 31.9 Å². The van der Waals surface area contributed by atoms with E-state index in [1.54, 1.807) is 11.0 Å². The van der Waals surface area contributed by atoms with Crippen LogP contribution in [-0.2, 0) is 44.0 Å². The van der Waals surface area contributed by atoms with E-state index >= 15 is 0 Å². The normalized spacial score (nSPS) is 18.9. The average molecular weight is 1650 g/mol. The number of nitrogens with one attached hydrogen (secondary N) is 8. The first kappa shape index (κ1) is 83.2. The molecule has 6 aromatic carbocycles. The van der Waals surface area contributed by atoms with E-state index in [2.05, 4.69) is 215 Å². The number of anilines is 6. The SMILES string of the molecule is CC(C)n1cnc2c(NCc3ccc(-c4ccccc4)cc3)nc(NC3CCC(N4C(=O)CCC4=O)CC3)nc21.CC(C)n1cnc2c(NCc3ccc(-c4ccccc4)cc3)nc(NC3CCC(NC(=O)C4CC4)CC3)nc21.CC(C)n1cnc2c(NCc3ccc(-c4ccccc4)cc3)nc(NC3CCC(NS(=O)(=O)C(F)(F)F)CC3)nc21. The zero-order valence-electron chi connectivity index (χ0n) is 68.4. The molecule has 0 atom stereocenters. The number of fused-ring (bicyclic) bond motifs is 3. The van der Waals surface area contributed by atoms with Crippen LogP contribution in [0.5, 0.6) is 0 Å². The summed E-state index contributed by atoms with van der Waals surface area (Å²) >= 11 is 0. The molecule has 7 heterocycles. The number of likely N-dealkylation sites (tertiary alicyclic amines) is 1. The summed E-state index contributed by atoms with van der Waals surface area (Å²) < 4.78 is 69.1. The number of nitrogens with zero attached hydrogens (tertiary/aromatic N) is 13. The molecule has 4 saturated carbocycles. The molecule has 6 aromatic heterocycles. The van der Waals surface area contributed by atoms with Gasteiger partial charge in [-0.2, -0.15) is 43.1 Å². The number of imide groups is 1. The number of hydrogen-bond acceptors (Lipinski definition) is 20. The van der Waals surface area contributed by atoms with Crippen LogP contribution in [0, 0.1) is 5.92 Å². The molecular weight excluding hydrogens is 1540 g/mol. The third kappa shape index (κ3) is 20.3. The van der Waals surface area contributed by atoms with Gasteiger partial charge in [-0.1, -0.05) is 164 Å². The number of benzene rings is 6. The largest absolute Gasteiger partial charge is 0.511 e. The summed E-state index contributed by atoms with van der Waals surface area (Å²) in [4.78, 5) is 80.7. The van der Waals surface area contributed by atoms with Gasteiger partial charge in [-0.25, -0.2) is 28.1 Å². The molecule has 120 heavy (non-hydrogen) atoms. The predicted molar refractivity (Wildman–Crippen MR) is 464 cm³/mol. The summed E-state index contributed by atoms with van der Waals surface area (Å²) in [7, 11) is -5.37. The molecule has 8 N–H and O–H groups in total. The lowest BCUT2D eigenvalue weighted by atomic mass is 9.90. The summed E-state index contributed by atoms with van der Waals surface area (Å²) in [6, 6.07) is 56.8. The number of alkyl halides is 3. The van der Waals surface area contributed by atoms with Crippen molar-refractivity contribution in [3.63, 3.8) is 0 Å². The minimum Gasteiger partial charge on any atom is -0.364 e. The number of imidazole rings is 3. The van der Waals surface area contributed by atoms with E-state index in [0.29, 0.717) is 86.0 Å². The monoisotopic (exact) mass is 1650 g/mol. The van der Waals surface area contributed by atoms with Crippen LogP contribution in [0.1, 0.15) is 179 Å². The van der Waals surface area contributed by atoms with Crippen molar-refractivity contribution in [3.05, 3.63) is 199 Å². The molecule has 5 fully saturated rings. The number of carbonyl (C=O) groups excluding carboxylic acids is 3. The molecule has 1 aliphatic heterocycles. The topological polar surface area (TPSA) is 316 Å². The van der Waals surface area contributed by atoms with E-state index in [-0.39, 0.29) is 84.8 Å². The van der Waals surface area contributed by atoms with Crippen molar-refractivity contribution in [1.29, 1.82) is 0 Å². The number of hydrogen-bond donors (Lipinski definition) is 8. The number of aromatic nitrogens is 12. The summed E-state index contributed by atoms with van der Waals surface area (Å²) in [6.45, 7) is 14.3. The van der Waals surface area contributed by atoms with Crippen molar-refractivity contribution in [2.45, 2.75) is 224 Å². The summed E-state index contributed by atoms with van der Waals surface area (Å²) in [5.41, 5.74) is 9.56. The zero-order chi connectivity index (χ0) is 83.6. The Labute approximate surface area is 696 Å². The van der Waals surface area contributed by atoms with Crippen LogP contribution in [0.4, 0.5) is 48.5 Å². The van der Waals surface area contributed by atoms with Crippen molar-refractivity contribution in [2.24, 2.45) is 5.92 Å². The van der Waals surface area contributed by atoms with Crippen LogP contribution in [0.25, 0.3) is 66.9 Å². The Morgan fingerprint density at radius 2 is 0.700 bits per heavy atom. The fraction of sp³-hybridized carbons (Fsp3) is 0.400. The number of carbonyl (C=O) groups is 3. The maximum Gasteiger partial charge on any atom is 0.511 e. The van der Waals surface area contributed by atoms with Gasteiger partial charge < -0.3 is 50.9 Å². The van der Waals surface area contributed by atoms with Gasteiger partial charge in [0.1, 0.15) is 0 Å². The van der Waals surface area contributed by atoms with Crippen molar-refractivity contribution in [1.82, 2.24) is 73.5 Å². The Kier molecular flexibility index (Phi) is 25.7. The van der Waals surface area contributed by atoms with Crippen molar-refractivity contribution in [3.8, 4) is 33.4 Å². The highest BCUT2D eigenvalue weighted by Gasteiger charge is 2.47. The lowest BCUT2D eigenvalue weighted by Crippen LogP contribution is -2.45. The Balaban J connectivity index is 0.000000140. The number of amides is 3. The minimum atomic E-state index is -5.37. The first-order valence-electron chi connectivity index (χ1n) is 41.9. The van der Waals surface area contributed by atoms with Crippen molar-refractivity contribution >= 4 is 96.5 Å². The van der Waals surface area contributed by atoms with Gasteiger partial charge in [0.25, 0.3) is 0 Å². The third-order valence-corrected chi connectivity index (χ3v) is 24.3. The highest BCUT2D eigenvalue weighted by Crippen LogP contribution is 2.36. The third-order valence-electron chi connectivity index (χ3n) is 23.0. The molecular formula is C90H104F3N21O5S. The second-order valence-electron chi connectivity index (χ2n) is 32.7. The van der Waals surface area contributed by atoms with Crippen LogP contribution in [0.2, 0.25) is 0 Å². The van der Waals surface area contributed by atoms with Gasteiger partial charge in [-0.05, 0) is 182 Å². The summed E-state index contributed by atoms with van der Waals surface area (Å²) in [5, 5.41) is 24.1. The van der Waals surface area contributed by atoms with Gasteiger partial charge in [-0.3, -0.25) is 19.3 Å². The van der Waals surface area contributed by atoms with E-state index < -0.39 is 21.6 Å². The van der Waals surface area contributed by atoms with Gasteiger partial charge >= 0.3 is 15.5 Å². The Hall–Kier alpha value is -11.9. The standard InChI is InChI=1S/C31H35N7O2.C31H37N7O.C28H32F3N7O2S/c1-20(2)37-19-33-28-29(32-18-21-8-10-23(11-9-21)22-6-4-3-5-7-22)35-31(36-30(28)37)34-24-12-14-25(15-13-24)38-26(39)16-17-27(38)40;1-20(2)38-19-33-27-28(32-18-21-8-10-23(11-9-21)22-6-4-3-5-7-22)36-31(37-29(27)38)35-26-16-14-25(15-17-26)34-30(39)24-12-13-24;1-18(2)38-17-33-24-25(32-16-19-8-10-21(11-9-19)20-6-4-3-5-7-20)35-27(36-26(24)38)34-22-12-14-23(15-13-22)37-41(39,40)28(29,30)31/h3-11,19-20,24-25H,12-18H2,1-2H3,(H2,32,34,35,36);3-11,19-20,24-26H,12-18H2,1-2H3,(H,34,39)(H2,32,35,36,37);3-11,17-18,22-23,37H,12-16H2,1-2H3,(H2,32,34,35,36). The lowest BCUT2D eigenvalue weighted by molar-refractivity contribution is -0.141. The summed E-state index contributed by atoms with van der Waals surface area (Å²) in [5.74, 6) is 4.01. The maximum atomic E-state index is 12.7. The smallest absolute Gasteiger partial charge is 0.364 e. The molecule has 0 spiro atoms. The molecule has 17 rings (SSSR count). The molecule has 626 valence electrons. The minimum absolute atomic E-state index is 0.0110. The molecule has 3 amide bonds. The van der Waals surface area contributed by atoms with Crippen LogP contribution in [0.15, 0.2) is 183 Å². The fourth-order valence-electron chi connectivity index (χ4n) is 16.1. The molecule has 0 bridgehead atoms. The van der Waals surface area contributed by atoms with E-state index in [4.69, 9.17) is 24.9 Å². The van der Waals surface area contributed by atoms with Crippen molar-refractivity contribution < 1.29 is 36.0 Å². The highest BCUT2D eigenvalue weighted by atomic mass is 32.2. The van der Waals surface area contributed by atoms with Gasteiger partial charge in [-0.15, -0.1) is 0 Å². The highest BCUT2D eigenvalue weighted by molar-refractivity contribution is 7.90. The van der Waals surface area contributed by atoms with Crippen LogP contribution in [0.3, 0.4) is 0 Å². The average Bonchev–Trinajstić information content (AvgIpc) is 1.63. The molecule has 30 heteroatoms. The van der Waals surface area contributed by atoms with E-state index in [9.17, 15) is 36.0 Å². The maximum absolute atomic E-state index is 12.7. The molecule has 0 unspecified atom stereocenters. The first-order chi connectivity index (χ1) is 58.0. The second kappa shape index (κ2) is 37.2. The molecule has 26 nitrogen and oxygen atoms in total. The molecule has 4 aliphatic carbocycles. The molecule has 0 radical (unpaired) electrons. The van der Waals surface area contributed by atoms with E-state index in [0.717, 1.165) is 115 Å². The number of sulfonamides is 1. The Morgan fingerprint density at radius 1 is 0.400 bits per heavy atom. The predicted octanol–water partition coefficient (Wildman–Crippen LogP) is 17.3. The van der Waals surface area contributed by atoms with Gasteiger partial charge in [0.05, 0.1) is 19.0 Å². The second-order valence-corrected chi connectivity index (χ2v) is 34.4. The summed E-state index contributed by atoms with van der Waals surface area (Å²) in [6.07, 6.45) is 16.9. The van der Waals surface area contributed by atoms with Crippen LogP contribution < -0.4 is 41.9 Å². The number of halogens is 3. The Morgan fingerprint density at radius 3 is 1.01 bits per heavy atom. The van der Waals surface area contributed by atoms with Crippen LogP contribution in [-0.4, -0.2) is 131 Å². The molecule has 12 aromatic rings. The number of rotatable bonds is 26. The van der Waals surface area contributed by atoms with E-state index in [1.165, 1.54) is 32.7 Å². The van der Waals surface area contributed by atoms with Gasteiger partial charge in [0.15, 0.2) is 50.9 Å². The lowest BCUT2D eigenvalue weighted by Gasteiger charge is -2.33. The van der Waals surface area contributed by atoms with Crippen LogP contribution >= 0.6 is 0 Å². The fourth-order valence-corrected chi connectivity index (χ4v) is 16.9. The van der Waals surface area contributed by atoms with Gasteiger partial charge in [0, 0.05) is 92.8 Å². The quantitative estimate of drug-likeness (QED) is 0.0234. The van der Waals surface area contributed by atoms with Gasteiger partial charge in [0.2, 0.25) is 35.6 Å². The molecule has 1 saturated heterocycles. The van der Waals surface area contributed by atoms with E-state index in [1.807, 2.05) is 73.5 Å². The Bertz CT molecular complexity index is 5600. The first-order valence-corrected chi connectivity index (χ1v) is 43.4.